The van der Waals surface area contributed by atoms with Crippen LogP contribution in [0.2, 0.25) is 0 Å². The van der Waals surface area contributed by atoms with Crippen molar-refractivity contribution in [2.45, 2.75) is 20.3 Å². The minimum atomic E-state index is -0.295. The van der Waals surface area contributed by atoms with Crippen LogP contribution in [0.4, 0.5) is 0 Å². The summed E-state index contributed by atoms with van der Waals surface area (Å²) in [5, 5.41) is 9.52. The molecular weight excluding hydrogens is 174 g/mol. The van der Waals surface area contributed by atoms with Gasteiger partial charge in [0.05, 0.1) is 6.61 Å². The van der Waals surface area contributed by atoms with Gasteiger partial charge in [-0.05, 0) is 13.3 Å². The molecule has 5 nitrogen and oxygen atoms in total. The zero-order valence-corrected chi connectivity index (χ0v) is 7.66. The van der Waals surface area contributed by atoms with Gasteiger partial charge in [0.1, 0.15) is 0 Å². The Balaban J connectivity index is 0.000000310. The summed E-state index contributed by atoms with van der Waals surface area (Å²) >= 11 is 0. The van der Waals surface area contributed by atoms with E-state index in [9.17, 15) is 9.59 Å². The Hall–Kier alpha value is -1.20. The third-order valence-electron chi connectivity index (χ3n) is 1.34. The zero-order valence-electron chi connectivity index (χ0n) is 7.66. The summed E-state index contributed by atoms with van der Waals surface area (Å²) < 4.78 is 0. The third kappa shape index (κ3) is 4.39. The van der Waals surface area contributed by atoms with Crippen LogP contribution in [0.15, 0.2) is 11.6 Å². The lowest BCUT2D eigenvalue weighted by atomic mass is 10.2. The summed E-state index contributed by atoms with van der Waals surface area (Å²) in [6, 6.07) is 0. The number of rotatable bonds is 2. The average molecular weight is 187 g/mol. The van der Waals surface area contributed by atoms with Gasteiger partial charge < -0.3 is 0 Å². The van der Waals surface area contributed by atoms with Crippen molar-refractivity contribution in [1.82, 2.24) is 5.32 Å². The molecule has 1 aliphatic rings. The number of nitrogens with one attached hydrogen (secondary N) is 1. The van der Waals surface area contributed by atoms with Crippen LogP contribution in [-0.2, 0) is 14.5 Å². The van der Waals surface area contributed by atoms with Crippen LogP contribution in [0.1, 0.15) is 20.3 Å². The maximum atomic E-state index is 10.6. The first-order chi connectivity index (χ1) is 6.15. The predicted molar refractivity (Wildman–Crippen MR) is 45.8 cm³/mol. The van der Waals surface area contributed by atoms with Gasteiger partial charge in [-0.1, -0.05) is 6.92 Å². The lowest BCUT2D eigenvalue weighted by Crippen LogP contribution is -2.21. The Labute approximate surface area is 76.3 Å². The quantitative estimate of drug-likeness (QED) is 0.374. The predicted octanol–water partition coefficient (Wildman–Crippen LogP) is 0.475. The molecule has 0 bridgehead atoms. The van der Waals surface area contributed by atoms with E-state index in [1.807, 2.05) is 6.92 Å². The highest BCUT2D eigenvalue weighted by Crippen LogP contribution is 2.04. The number of hydrogen-bond donors (Lipinski definition) is 2. The fourth-order valence-electron chi connectivity index (χ4n) is 0.715. The molecule has 0 fully saturated rings. The minimum Gasteiger partial charge on any atom is -0.289 e. The van der Waals surface area contributed by atoms with E-state index >= 15 is 0 Å². The van der Waals surface area contributed by atoms with Crippen molar-refractivity contribution in [3.8, 4) is 0 Å². The second-order valence-corrected chi connectivity index (χ2v) is 2.26. The Kier molecular flexibility index (Phi) is 5.75. The topological polar surface area (TPSA) is 75.6 Å². The van der Waals surface area contributed by atoms with Gasteiger partial charge in [-0.3, -0.25) is 20.2 Å². The molecule has 0 saturated heterocycles. The molecule has 0 unspecified atom stereocenters. The Morgan fingerprint density at radius 1 is 1.46 bits per heavy atom. The SMILES string of the molecule is CCC1=CC(=O)NC1=O.CCOO. The van der Waals surface area contributed by atoms with Gasteiger partial charge in [0.2, 0.25) is 0 Å². The van der Waals surface area contributed by atoms with E-state index in [0.29, 0.717) is 18.6 Å². The standard InChI is InChI=1S/C6H7NO2.C2H6O2/c1-2-4-3-5(8)7-6(4)9;1-2-4-3/h3H,2H2,1H3,(H,7,8,9);3H,2H2,1H3. The Morgan fingerprint density at radius 3 is 2.15 bits per heavy atom. The number of imide groups is 1. The molecule has 0 aromatic heterocycles. The highest BCUT2D eigenvalue weighted by Gasteiger charge is 2.17. The van der Waals surface area contributed by atoms with Crippen molar-refractivity contribution in [3.05, 3.63) is 11.6 Å². The van der Waals surface area contributed by atoms with Crippen molar-refractivity contribution in [2.24, 2.45) is 0 Å². The first-order valence-electron chi connectivity index (χ1n) is 3.97. The summed E-state index contributed by atoms with van der Waals surface area (Å²) in [6.07, 6.45) is 1.96. The molecule has 0 aromatic carbocycles. The molecule has 1 aliphatic heterocycles. The largest absolute Gasteiger partial charge is 0.289 e. The Bertz CT molecular complexity index is 220. The summed E-state index contributed by atoms with van der Waals surface area (Å²) in [5.41, 5.74) is 0.569. The van der Waals surface area contributed by atoms with Crippen molar-refractivity contribution in [2.75, 3.05) is 6.61 Å². The third-order valence-corrected chi connectivity index (χ3v) is 1.34. The first-order valence-corrected chi connectivity index (χ1v) is 3.97. The maximum Gasteiger partial charge on any atom is 0.254 e. The molecule has 2 amide bonds. The van der Waals surface area contributed by atoms with Gasteiger partial charge in [0, 0.05) is 11.6 Å². The van der Waals surface area contributed by atoms with Crippen molar-refractivity contribution in [3.63, 3.8) is 0 Å². The number of carbonyl (C=O) groups excluding carboxylic acids is 2. The highest BCUT2D eigenvalue weighted by atomic mass is 17.1. The molecule has 0 atom stereocenters. The van der Waals surface area contributed by atoms with Crippen molar-refractivity contribution < 1.29 is 19.7 Å². The van der Waals surface area contributed by atoms with Gasteiger partial charge in [-0.25, -0.2) is 4.89 Å². The van der Waals surface area contributed by atoms with E-state index < -0.39 is 0 Å². The van der Waals surface area contributed by atoms with Crippen LogP contribution in [-0.4, -0.2) is 23.7 Å². The second kappa shape index (κ2) is 6.33. The van der Waals surface area contributed by atoms with Gasteiger partial charge in [-0.15, -0.1) is 0 Å². The highest BCUT2D eigenvalue weighted by molar-refractivity contribution is 6.16. The van der Waals surface area contributed by atoms with Gasteiger partial charge >= 0.3 is 0 Å². The lowest BCUT2D eigenvalue weighted by Gasteiger charge is -1.89. The van der Waals surface area contributed by atoms with Gasteiger partial charge in [0.15, 0.2) is 0 Å². The fraction of sp³-hybridized carbons (Fsp3) is 0.500. The zero-order chi connectivity index (χ0) is 10.3. The molecule has 13 heavy (non-hydrogen) atoms. The molecule has 0 radical (unpaired) electrons. The van der Waals surface area contributed by atoms with Crippen LogP contribution in [0, 0.1) is 0 Å². The summed E-state index contributed by atoms with van der Waals surface area (Å²) in [5.74, 6) is -0.542. The molecular formula is C8H13NO4. The number of amides is 2. The maximum absolute atomic E-state index is 10.6. The van der Waals surface area contributed by atoms with E-state index in [4.69, 9.17) is 5.26 Å². The number of hydrogen-bond acceptors (Lipinski definition) is 4. The fourth-order valence-corrected chi connectivity index (χ4v) is 0.715. The molecule has 0 aliphatic carbocycles. The van der Waals surface area contributed by atoms with Crippen LogP contribution in [0.25, 0.3) is 0 Å². The van der Waals surface area contributed by atoms with Crippen LogP contribution >= 0.6 is 0 Å². The smallest absolute Gasteiger partial charge is 0.254 e. The average Bonchev–Trinajstić information content (AvgIpc) is 2.45. The first kappa shape index (κ1) is 11.8. The van der Waals surface area contributed by atoms with E-state index in [1.165, 1.54) is 6.08 Å². The number of carbonyl (C=O) groups is 2. The van der Waals surface area contributed by atoms with Crippen LogP contribution < -0.4 is 5.32 Å². The van der Waals surface area contributed by atoms with Gasteiger partial charge in [0.25, 0.3) is 11.8 Å². The summed E-state index contributed by atoms with van der Waals surface area (Å²) in [6.45, 7) is 3.92. The van der Waals surface area contributed by atoms with E-state index in [-0.39, 0.29) is 11.8 Å². The van der Waals surface area contributed by atoms with Crippen molar-refractivity contribution in [1.29, 1.82) is 0 Å². The molecule has 2 N–H and O–H groups in total. The molecule has 1 rings (SSSR count). The Morgan fingerprint density at radius 2 is 2.00 bits per heavy atom. The summed E-state index contributed by atoms with van der Waals surface area (Å²) in [7, 11) is 0. The molecule has 1 heterocycles. The second-order valence-electron chi connectivity index (χ2n) is 2.26. The van der Waals surface area contributed by atoms with Crippen molar-refractivity contribution >= 4 is 11.8 Å². The van der Waals surface area contributed by atoms with Crippen LogP contribution in [0.3, 0.4) is 0 Å². The van der Waals surface area contributed by atoms with E-state index in [1.54, 1.807) is 6.92 Å². The van der Waals surface area contributed by atoms with E-state index in [2.05, 4.69) is 10.2 Å². The van der Waals surface area contributed by atoms with E-state index in [0.717, 1.165) is 0 Å². The monoisotopic (exact) mass is 187 g/mol. The minimum absolute atomic E-state index is 0.248. The molecule has 0 saturated carbocycles. The normalized spacial score (nSPS) is 14.5. The van der Waals surface area contributed by atoms with Crippen LogP contribution in [0.5, 0.6) is 0 Å². The molecule has 74 valence electrons. The van der Waals surface area contributed by atoms with Gasteiger partial charge in [-0.2, -0.15) is 0 Å². The molecule has 0 aromatic rings. The lowest BCUT2D eigenvalue weighted by molar-refractivity contribution is -0.237. The molecule has 5 heteroatoms. The summed E-state index contributed by atoms with van der Waals surface area (Å²) in [4.78, 5) is 24.6. The molecule has 0 spiro atoms.